The highest BCUT2D eigenvalue weighted by Gasteiger charge is 2.15. The van der Waals surface area contributed by atoms with E-state index in [4.69, 9.17) is 15.0 Å². The van der Waals surface area contributed by atoms with E-state index in [1.165, 1.54) is 16.3 Å². The first-order valence-electron chi connectivity index (χ1n) is 14.8. The van der Waals surface area contributed by atoms with Gasteiger partial charge in [0.25, 0.3) is 0 Å². The van der Waals surface area contributed by atoms with Crippen LogP contribution in [0.3, 0.4) is 0 Å². The summed E-state index contributed by atoms with van der Waals surface area (Å²) in [6, 6.07) is 54.8. The summed E-state index contributed by atoms with van der Waals surface area (Å²) in [6.07, 6.45) is 1.89. The Labute approximate surface area is 256 Å². The van der Waals surface area contributed by atoms with Crippen molar-refractivity contribution in [3.05, 3.63) is 164 Å². The molecule has 0 amide bonds. The smallest absolute Gasteiger partial charge is 0.160 e. The quantitative estimate of drug-likeness (QED) is 0.210. The Morgan fingerprint density at radius 3 is 1.75 bits per heavy atom. The predicted molar refractivity (Wildman–Crippen MR) is 182 cm³/mol. The molecule has 8 rings (SSSR count). The summed E-state index contributed by atoms with van der Waals surface area (Å²) in [5, 5.41) is 4.66. The van der Waals surface area contributed by atoms with Crippen molar-refractivity contribution in [1.29, 1.82) is 0 Å². The molecule has 0 bridgehead atoms. The molecular weight excluding hydrogens is 534 g/mol. The maximum atomic E-state index is 5.12. The van der Waals surface area contributed by atoms with Gasteiger partial charge in [-0.3, -0.25) is 4.98 Å². The molecule has 2 heterocycles. The van der Waals surface area contributed by atoms with Crippen LogP contribution >= 0.6 is 0 Å². The number of fused-ring (bicyclic) bond motifs is 2. The van der Waals surface area contributed by atoms with E-state index < -0.39 is 0 Å². The third-order valence-corrected chi connectivity index (χ3v) is 8.15. The zero-order valence-electron chi connectivity index (χ0n) is 23.9. The highest BCUT2D eigenvalue weighted by Crippen LogP contribution is 2.38. The van der Waals surface area contributed by atoms with Crippen molar-refractivity contribution in [3.63, 3.8) is 0 Å². The largest absolute Gasteiger partial charge is 0.256 e. The van der Waals surface area contributed by atoms with Gasteiger partial charge in [0.2, 0.25) is 0 Å². The van der Waals surface area contributed by atoms with Crippen LogP contribution in [-0.4, -0.2) is 15.0 Å². The van der Waals surface area contributed by atoms with Crippen molar-refractivity contribution in [2.75, 3.05) is 0 Å². The van der Waals surface area contributed by atoms with Crippen LogP contribution in [-0.2, 0) is 0 Å². The third kappa shape index (κ3) is 4.71. The molecule has 0 aliphatic carbocycles. The second kappa shape index (κ2) is 11.0. The lowest BCUT2D eigenvalue weighted by atomic mass is 9.92. The molecule has 0 saturated carbocycles. The van der Waals surface area contributed by atoms with E-state index in [2.05, 4.69) is 121 Å². The molecule has 8 aromatic rings. The Morgan fingerprint density at radius 2 is 0.955 bits per heavy atom. The predicted octanol–water partition coefficient (Wildman–Crippen LogP) is 10.5. The summed E-state index contributed by atoms with van der Waals surface area (Å²) in [5.74, 6) is 0.713. The first-order valence-corrected chi connectivity index (χ1v) is 14.8. The third-order valence-electron chi connectivity index (χ3n) is 8.15. The minimum atomic E-state index is 0.713. The lowest BCUT2D eigenvalue weighted by Gasteiger charge is -2.14. The van der Waals surface area contributed by atoms with Gasteiger partial charge >= 0.3 is 0 Å². The number of benzene rings is 6. The Balaban J connectivity index is 1.29. The lowest BCUT2D eigenvalue weighted by Crippen LogP contribution is -1.96. The summed E-state index contributed by atoms with van der Waals surface area (Å²) >= 11 is 0. The van der Waals surface area contributed by atoms with E-state index in [0.717, 1.165) is 55.7 Å². The number of rotatable bonds is 5. The topological polar surface area (TPSA) is 38.7 Å². The standard InChI is InChI=1S/C41H27N3/c1-3-13-29(14-4-1)38-27-39(44-41(43-38)30-15-5-2-6-16-30)37-23-22-33(35-20-9-10-21-36(35)37)31-17-11-18-32(26-31)40-34-19-8-7-12-28(34)24-25-42-40/h1-27H. The molecule has 0 radical (unpaired) electrons. The van der Waals surface area contributed by atoms with E-state index in [-0.39, 0.29) is 0 Å². The summed E-state index contributed by atoms with van der Waals surface area (Å²) in [6.45, 7) is 0. The monoisotopic (exact) mass is 561 g/mol. The van der Waals surface area contributed by atoms with Crippen molar-refractivity contribution in [2.24, 2.45) is 0 Å². The maximum Gasteiger partial charge on any atom is 0.160 e. The average Bonchev–Trinajstić information content (AvgIpc) is 3.11. The second-order valence-corrected chi connectivity index (χ2v) is 10.9. The van der Waals surface area contributed by atoms with Crippen LogP contribution < -0.4 is 0 Å². The Bertz CT molecular complexity index is 2210. The molecule has 0 N–H and O–H groups in total. The molecule has 206 valence electrons. The van der Waals surface area contributed by atoms with Crippen molar-refractivity contribution >= 4 is 21.5 Å². The highest BCUT2D eigenvalue weighted by molar-refractivity contribution is 6.05. The number of hydrogen-bond acceptors (Lipinski definition) is 3. The minimum absolute atomic E-state index is 0.713. The van der Waals surface area contributed by atoms with E-state index in [1.54, 1.807) is 0 Å². The van der Waals surface area contributed by atoms with Gasteiger partial charge in [0.05, 0.1) is 17.1 Å². The molecule has 0 fully saturated rings. The van der Waals surface area contributed by atoms with Crippen LogP contribution in [0.2, 0.25) is 0 Å². The van der Waals surface area contributed by atoms with Crippen molar-refractivity contribution in [2.45, 2.75) is 0 Å². The molecule has 3 heteroatoms. The Hall–Kier alpha value is -5.93. The lowest BCUT2D eigenvalue weighted by molar-refractivity contribution is 1.18. The van der Waals surface area contributed by atoms with Crippen LogP contribution in [0.5, 0.6) is 0 Å². The molecule has 44 heavy (non-hydrogen) atoms. The van der Waals surface area contributed by atoms with Crippen LogP contribution in [0.1, 0.15) is 0 Å². The van der Waals surface area contributed by atoms with Gasteiger partial charge in [-0.25, -0.2) is 9.97 Å². The Kier molecular flexibility index (Phi) is 6.47. The van der Waals surface area contributed by atoms with Crippen LogP contribution in [0.4, 0.5) is 0 Å². The maximum absolute atomic E-state index is 5.12. The highest BCUT2D eigenvalue weighted by atomic mass is 14.9. The molecule has 0 unspecified atom stereocenters. The zero-order chi connectivity index (χ0) is 29.3. The average molecular weight is 562 g/mol. The van der Waals surface area contributed by atoms with E-state index in [1.807, 2.05) is 42.6 Å². The Morgan fingerprint density at radius 1 is 0.364 bits per heavy atom. The number of hydrogen-bond donors (Lipinski definition) is 0. The zero-order valence-corrected chi connectivity index (χ0v) is 23.9. The fourth-order valence-corrected chi connectivity index (χ4v) is 6.02. The van der Waals surface area contributed by atoms with Crippen LogP contribution in [0, 0.1) is 0 Å². The van der Waals surface area contributed by atoms with Crippen molar-refractivity contribution in [1.82, 2.24) is 15.0 Å². The molecule has 0 spiro atoms. The fraction of sp³-hybridized carbons (Fsp3) is 0. The molecule has 0 aliphatic heterocycles. The number of pyridine rings is 1. The van der Waals surface area contributed by atoms with Crippen LogP contribution in [0.15, 0.2) is 164 Å². The second-order valence-electron chi connectivity index (χ2n) is 10.9. The van der Waals surface area contributed by atoms with Gasteiger partial charge in [0.15, 0.2) is 5.82 Å². The van der Waals surface area contributed by atoms with Gasteiger partial charge in [0.1, 0.15) is 0 Å². The van der Waals surface area contributed by atoms with Crippen LogP contribution in [0.25, 0.3) is 77.8 Å². The number of nitrogens with zero attached hydrogens (tertiary/aromatic N) is 3. The fourth-order valence-electron chi connectivity index (χ4n) is 6.02. The normalized spacial score (nSPS) is 11.2. The van der Waals surface area contributed by atoms with Crippen molar-refractivity contribution < 1.29 is 0 Å². The first-order chi connectivity index (χ1) is 21.8. The van der Waals surface area contributed by atoms with E-state index in [9.17, 15) is 0 Å². The molecule has 2 aromatic heterocycles. The summed E-state index contributed by atoms with van der Waals surface area (Å²) in [5.41, 5.74) is 9.35. The van der Waals surface area contributed by atoms with Gasteiger partial charge in [-0.05, 0) is 45.5 Å². The van der Waals surface area contributed by atoms with E-state index in [0.29, 0.717) is 5.82 Å². The molecule has 6 aromatic carbocycles. The summed E-state index contributed by atoms with van der Waals surface area (Å²) in [4.78, 5) is 14.9. The van der Waals surface area contributed by atoms with E-state index >= 15 is 0 Å². The molecule has 0 atom stereocenters. The SMILES string of the molecule is c1ccc(-c2cc(-c3ccc(-c4cccc(-c5nccc6ccccc56)c4)c4ccccc34)nc(-c3ccccc3)n2)cc1. The van der Waals surface area contributed by atoms with Gasteiger partial charge in [-0.1, -0.05) is 140 Å². The van der Waals surface area contributed by atoms with Crippen molar-refractivity contribution in [3.8, 4) is 56.3 Å². The summed E-state index contributed by atoms with van der Waals surface area (Å²) in [7, 11) is 0. The van der Waals surface area contributed by atoms with Gasteiger partial charge in [-0.2, -0.15) is 0 Å². The van der Waals surface area contributed by atoms with Gasteiger partial charge in [-0.15, -0.1) is 0 Å². The molecule has 3 nitrogen and oxygen atoms in total. The molecular formula is C41H27N3. The molecule has 0 saturated heterocycles. The van der Waals surface area contributed by atoms with Gasteiger partial charge in [0, 0.05) is 33.8 Å². The first kappa shape index (κ1) is 25.8. The molecule has 0 aliphatic rings. The van der Waals surface area contributed by atoms with Gasteiger partial charge < -0.3 is 0 Å². The summed E-state index contributed by atoms with van der Waals surface area (Å²) < 4.78 is 0. The number of aromatic nitrogens is 3. The minimum Gasteiger partial charge on any atom is -0.256 e.